The van der Waals surface area contributed by atoms with Gasteiger partial charge in [-0.25, -0.2) is 0 Å². The molecule has 0 aromatic heterocycles. The molecule has 0 aliphatic heterocycles. The number of halogens is 1. The lowest BCUT2D eigenvalue weighted by Crippen LogP contribution is -2.22. The van der Waals surface area contributed by atoms with Crippen LogP contribution < -0.4 is 10.2 Å². The number of anilines is 1. The topological polar surface area (TPSA) is 24.5 Å². The van der Waals surface area contributed by atoms with E-state index in [9.17, 15) is 0 Å². The van der Waals surface area contributed by atoms with Crippen LogP contribution in [0.4, 0.5) is 5.69 Å². The molecule has 0 spiro atoms. The standard InChI is InChI=1S/C15H25ClN2O/c1-12(2)11-18(3)14-6-5-13(15(16)9-14)10-17-7-8-19-4/h5-6,9,12,17H,7-8,10-11H2,1-4H3. The van der Waals surface area contributed by atoms with Gasteiger partial charge in [-0.15, -0.1) is 0 Å². The van der Waals surface area contributed by atoms with Gasteiger partial charge in [-0.3, -0.25) is 0 Å². The maximum Gasteiger partial charge on any atom is 0.0587 e. The highest BCUT2D eigenvalue weighted by molar-refractivity contribution is 6.31. The van der Waals surface area contributed by atoms with Gasteiger partial charge in [0.25, 0.3) is 0 Å². The maximum atomic E-state index is 6.32. The Kier molecular flexibility index (Phi) is 7.21. The van der Waals surface area contributed by atoms with Gasteiger partial charge in [-0.2, -0.15) is 0 Å². The average Bonchev–Trinajstić information content (AvgIpc) is 2.35. The molecule has 0 aliphatic carbocycles. The van der Waals surface area contributed by atoms with Crippen LogP contribution in [0.5, 0.6) is 0 Å². The van der Waals surface area contributed by atoms with Gasteiger partial charge in [0, 0.05) is 44.5 Å². The number of ether oxygens (including phenoxy) is 1. The number of hydrogen-bond donors (Lipinski definition) is 1. The summed E-state index contributed by atoms with van der Waals surface area (Å²) in [7, 11) is 3.80. The van der Waals surface area contributed by atoms with Crippen molar-refractivity contribution >= 4 is 17.3 Å². The van der Waals surface area contributed by atoms with Crippen molar-refractivity contribution in [2.45, 2.75) is 20.4 Å². The summed E-state index contributed by atoms with van der Waals surface area (Å²) < 4.78 is 5.00. The smallest absolute Gasteiger partial charge is 0.0587 e. The molecule has 0 radical (unpaired) electrons. The summed E-state index contributed by atoms with van der Waals surface area (Å²) in [5.74, 6) is 0.638. The highest BCUT2D eigenvalue weighted by Crippen LogP contribution is 2.23. The molecule has 0 unspecified atom stereocenters. The van der Waals surface area contributed by atoms with Crippen molar-refractivity contribution in [3.05, 3.63) is 28.8 Å². The van der Waals surface area contributed by atoms with Crippen molar-refractivity contribution in [2.24, 2.45) is 5.92 Å². The number of hydrogen-bond acceptors (Lipinski definition) is 3. The van der Waals surface area contributed by atoms with E-state index in [0.29, 0.717) is 12.5 Å². The molecule has 1 rings (SSSR count). The van der Waals surface area contributed by atoms with Crippen molar-refractivity contribution in [1.29, 1.82) is 0 Å². The molecule has 0 fully saturated rings. The quantitative estimate of drug-likeness (QED) is 0.742. The van der Waals surface area contributed by atoms with Gasteiger partial charge in [0.05, 0.1) is 6.61 Å². The van der Waals surface area contributed by atoms with Gasteiger partial charge < -0.3 is 15.0 Å². The number of rotatable bonds is 8. The summed E-state index contributed by atoms with van der Waals surface area (Å²) in [5, 5.41) is 4.12. The minimum atomic E-state index is 0.638. The molecular formula is C15H25ClN2O. The van der Waals surface area contributed by atoms with E-state index >= 15 is 0 Å². The molecule has 1 N–H and O–H groups in total. The van der Waals surface area contributed by atoms with E-state index in [2.05, 4.69) is 43.2 Å². The molecule has 3 nitrogen and oxygen atoms in total. The Morgan fingerprint density at radius 2 is 2.11 bits per heavy atom. The Morgan fingerprint density at radius 3 is 2.68 bits per heavy atom. The molecule has 0 amide bonds. The number of methoxy groups -OCH3 is 1. The van der Waals surface area contributed by atoms with Crippen molar-refractivity contribution in [3.8, 4) is 0 Å². The van der Waals surface area contributed by atoms with E-state index in [-0.39, 0.29) is 0 Å². The Bertz CT molecular complexity index is 382. The van der Waals surface area contributed by atoms with Crippen LogP contribution >= 0.6 is 11.6 Å². The van der Waals surface area contributed by atoms with Crippen LogP contribution in [0.25, 0.3) is 0 Å². The maximum absolute atomic E-state index is 6.32. The summed E-state index contributed by atoms with van der Waals surface area (Å²) in [5.41, 5.74) is 2.29. The largest absolute Gasteiger partial charge is 0.383 e. The van der Waals surface area contributed by atoms with Crippen molar-refractivity contribution in [2.75, 3.05) is 38.8 Å². The van der Waals surface area contributed by atoms with Crippen LogP contribution in [0.1, 0.15) is 19.4 Å². The van der Waals surface area contributed by atoms with Crippen molar-refractivity contribution in [3.63, 3.8) is 0 Å². The minimum absolute atomic E-state index is 0.638. The Labute approximate surface area is 121 Å². The Balaban J connectivity index is 2.58. The van der Waals surface area contributed by atoms with Gasteiger partial charge in [0.15, 0.2) is 0 Å². The summed E-state index contributed by atoms with van der Waals surface area (Å²) in [6.45, 7) is 7.78. The van der Waals surface area contributed by atoms with E-state index in [4.69, 9.17) is 16.3 Å². The zero-order valence-electron chi connectivity index (χ0n) is 12.4. The summed E-state index contributed by atoms with van der Waals surface area (Å²) in [4.78, 5) is 2.23. The predicted molar refractivity (Wildman–Crippen MR) is 83.1 cm³/mol. The second kappa shape index (κ2) is 8.41. The Morgan fingerprint density at radius 1 is 1.37 bits per heavy atom. The highest BCUT2D eigenvalue weighted by atomic mass is 35.5. The molecule has 19 heavy (non-hydrogen) atoms. The first-order valence-electron chi connectivity index (χ1n) is 6.73. The SMILES string of the molecule is COCCNCc1ccc(N(C)CC(C)C)cc1Cl. The summed E-state index contributed by atoms with van der Waals surface area (Å²) >= 11 is 6.32. The number of nitrogens with zero attached hydrogens (tertiary/aromatic N) is 1. The van der Waals surface area contributed by atoms with E-state index in [1.807, 2.05) is 6.07 Å². The molecule has 0 saturated heterocycles. The molecule has 4 heteroatoms. The van der Waals surface area contributed by atoms with E-state index in [1.165, 1.54) is 5.69 Å². The summed E-state index contributed by atoms with van der Waals surface area (Å²) in [6.07, 6.45) is 0. The third kappa shape index (κ3) is 5.81. The summed E-state index contributed by atoms with van der Waals surface area (Å²) in [6, 6.07) is 6.26. The number of nitrogens with one attached hydrogen (secondary N) is 1. The first kappa shape index (κ1) is 16.3. The fourth-order valence-corrected chi connectivity index (χ4v) is 2.21. The molecule has 0 aliphatic rings. The average molecular weight is 285 g/mol. The van der Waals surface area contributed by atoms with Crippen LogP contribution in [0.15, 0.2) is 18.2 Å². The highest BCUT2D eigenvalue weighted by Gasteiger charge is 2.06. The normalized spacial score (nSPS) is 11.1. The third-order valence-electron chi connectivity index (χ3n) is 2.91. The van der Waals surface area contributed by atoms with E-state index in [1.54, 1.807) is 7.11 Å². The lowest BCUT2D eigenvalue weighted by atomic mass is 10.1. The van der Waals surface area contributed by atoms with Gasteiger partial charge in [0.1, 0.15) is 0 Å². The van der Waals surface area contributed by atoms with Crippen LogP contribution in [-0.4, -0.2) is 33.9 Å². The Hall–Kier alpha value is -0.770. The van der Waals surface area contributed by atoms with Crippen LogP contribution in [-0.2, 0) is 11.3 Å². The first-order chi connectivity index (χ1) is 9.04. The first-order valence-corrected chi connectivity index (χ1v) is 7.11. The molecule has 108 valence electrons. The molecule has 0 saturated carbocycles. The van der Waals surface area contributed by atoms with Crippen LogP contribution in [0, 0.1) is 5.92 Å². The number of benzene rings is 1. The fraction of sp³-hybridized carbons (Fsp3) is 0.600. The lowest BCUT2D eigenvalue weighted by Gasteiger charge is -2.22. The molecule has 1 aromatic rings. The zero-order chi connectivity index (χ0) is 14.3. The van der Waals surface area contributed by atoms with Crippen LogP contribution in [0.2, 0.25) is 5.02 Å². The van der Waals surface area contributed by atoms with Crippen LogP contribution in [0.3, 0.4) is 0 Å². The van der Waals surface area contributed by atoms with Crippen molar-refractivity contribution in [1.82, 2.24) is 5.32 Å². The second-order valence-electron chi connectivity index (χ2n) is 5.22. The van der Waals surface area contributed by atoms with E-state index < -0.39 is 0 Å². The fourth-order valence-electron chi connectivity index (χ4n) is 1.97. The molecular weight excluding hydrogens is 260 g/mol. The predicted octanol–water partition coefficient (Wildman–Crippen LogP) is 3.17. The molecule has 0 heterocycles. The lowest BCUT2D eigenvalue weighted by molar-refractivity contribution is 0.199. The van der Waals surface area contributed by atoms with Gasteiger partial charge in [-0.1, -0.05) is 31.5 Å². The van der Waals surface area contributed by atoms with Gasteiger partial charge >= 0.3 is 0 Å². The van der Waals surface area contributed by atoms with Gasteiger partial charge in [0.2, 0.25) is 0 Å². The monoisotopic (exact) mass is 284 g/mol. The van der Waals surface area contributed by atoms with E-state index in [0.717, 1.165) is 30.2 Å². The second-order valence-corrected chi connectivity index (χ2v) is 5.63. The van der Waals surface area contributed by atoms with Crippen molar-refractivity contribution < 1.29 is 4.74 Å². The third-order valence-corrected chi connectivity index (χ3v) is 3.27. The van der Waals surface area contributed by atoms with Gasteiger partial charge in [-0.05, 0) is 23.6 Å². The molecule has 1 aromatic carbocycles. The minimum Gasteiger partial charge on any atom is -0.383 e. The molecule has 0 bridgehead atoms. The molecule has 0 atom stereocenters. The zero-order valence-corrected chi connectivity index (χ0v) is 13.1.